The number of carbonyl (C=O) groups is 1. The predicted molar refractivity (Wildman–Crippen MR) is 46.2 cm³/mol. The molecule has 1 unspecified atom stereocenters. The van der Waals surface area contributed by atoms with Crippen LogP contribution in [0.25, 0.3) is 0 Å². The van der Waals surface area contributed by atoms with Crippen molar-refractivity contribution in [3.63, 3.8) is 0 Å². The highest BCUT2D eigenvalue weighted by Crippen LogP contribution is 2.22. The van der Waals surface area contributed by atoms with Gasteiger partial charge in [0.2, 0.25) is 0 Å². The average Bonchev–Trinajstić information content (AvgIpc) is 2.10. The maximum atomic E-state index is 12.2. The number of aldehydes is 1. The standard InChI is InChI=1S/C9H8ClFO/c10-9-4-2-1-3-8(9)7(5-11)6-12/h1-4,6-7H,5H2. The number of carbonyl (C=O) groups excluding carboxylic acids is 1. The van der Waals surface area contributed by atoms with E-state index in [1.165, 1.54) is 0 Å². The van der Waals surface area contributed by atoms with Gasteiger partial charge in [0.1, 0.15) is 13.0 Å². The normalized spacial score (nSPS) is 12.5. The smallest absolute Gasteiger partial charge is 0.130 e. The molecule has 1 aromatic carbocycles. The van der Waals surface area contributed by atoms with Crippen LogP contribution in [0, 0.1) is 0 Å². The second-order valence-corrected chi connectivity index (χ2v) is 2.83. The molecule has 12 heavy (non-hydrogen) atoms. The Kier molecular flexibility index (Phi) is 3.23. The van der Waals surface area contributed by atoms with Gasteiger partial charge >= 0.3 is 0 Å². The van der Waals surface area contributed by atoms with Crippen molar-refractivity contribution in [2.24, 2.45) is 0 Å². The number of hydrogen-bond acceptors (Lipinski definition) is 1. The fourth-order valence-electron chi connectivity index (χ4n) is 0.969. The topological polar surface area (TPSA) is 17.1 Å². The summed E-state index contributed by atoms with van der Waals surface area (Å²) in [5, 5.41) is 0.437. The molecule has 0 aliphatic rings. The molecule has 0 spiro atoms. The van der Waals surface area contributed by atoms with Crippen LogP contribution in [0.2, 0.25) is 5.02 Å². The van der Waals surface area contributed by atoms with Crippen molar-refractivity contribution < 1.29 is 9.18 Å². The highest BCUT2D eigenvalue weighted by atomic mass is 35.5. The molecule has 0 aliphatic heterocycles. The number of halogens is 2. The second-order valence-electron chi connectivity index (χ2n) is 2.42. The summed E-state index contributed by atoms with van der Waals surface area (Å²) in [6.07, 6.45) is 0.571. The molecule has 3 heteroatoms. The van der Waals surface area contributed by atoms with Gasteiger partial charge in [-0.1, -0.05) is 29.8 Å². The molecule has 64 valence electrons. The molecule has 0 saturated carbocycles. The number of benzene rings is 1. The SMILES string of the molecule is O=CC(CF)c1ccccc1Cl. The lowest BCUT2D eigenvalue weighted by molar-refractivity contribution is -0.109. The van der Waals surface area contributed by atoms with Crippen molar-refractivity contribution >= 4 is 17.9 Å². The summed E-state index contributed by atoms with van der Waals surface area (Å²) < 4.78 is 12.2. The third kappa shape index (κ3) is 1.83. The van der Waals surface area contributed by atoms with E-state index in [1.807, 2.05) is 0 Å². The molecule has 0 aromatic heterocycles. The van der Waals surface area contributed by atoms with E-state index in [4.69, 9.17) is 11.6 Å². The zero-order chi connectivity index (χ0) is 8.97. The minimum atomic E-state index is -0.723. The van der Waals surface area contributed by atoms with Gasteiger partial charge in [0, 0.05) is 5.02 Å². The molecule has 0 bridgehead atoms. The van der Waals surface area contributed by atoms with Crippen LogP contribution in [0.5, 0.6) is 0 Å². The van der Waals surface area contributed by atoms with E-state index in [0.29, 0.717) is 16.9 Å². The summed E-state index contributed by atoms with van der Waals surface area (Å²) in [6, 6.07) is 6.77. The first-order valence-electron chi connectivity index (χ1n) is 3.55. The zero-order valence-electron chi connectivity index (χ0n) is 6.34. The number of rotatable bonds is 3. The van der Waals surface area contributed by atoms with Crippen LogP contribution in [-0.4, -0.2) is 13.0 Å². The van der Waals surface area contributed by atoms with E-state index >= 15 is 0 Å². The van der Waals surface area contributed by atoms with E-state index < -0.39 is 12.6 Å². The second kappa shape index (κ2) is 4.21. The molecule has 1 nitrogen and oxygen atoms in total. The van der Waals surface area contributed by atoms with Crippen LogP contribution in [0.4, 0.5) is 4.39 Å². The summed E-state index contributed by atoms with van der Waals surface area (Å²) in [4.78, 5) is 10.4. The monoisotopic (exact) mass is 186 g/mol. The van der Waals surface area contributed by atoms with Crippen LogP contribution in [0.3, 0.4) is 0 Å². The van der Waals surface area contributed by atoms with Gasteiger partial charge in [-0.05, 0) is 11.6 Å². The Morgan fingerprint density at radius 3 is 2.67 bits per heavy atom. The van der Waals surface area contributed by atoms with E-state index in [0.717, 1.165) is 0 Å². The molecule has 0 saturated heterocycles. The molecule has 0 fully saturated rings. The summed E-state index contributed by atoms with van der Waals surface area (Å²) in [5.74, 6) is -0.723. The molecule has 0 N–H and O–H groups in total. The van der Waals surface area contributed by atoms with Gasteiger partial charge in [0.05, 0.1) is 5.92 Å². The lowest BCUT2D eigenvalue weighted by Crippen LogP contribution is -2.02. The summed E-state index contributed by atoms with van der Waals surface area (Å²) in [5.41, 5.74) is 0.552. The molecular weight excluding hydrogens is 179 g/mol. The molecule has 0 aliphatic carbocycles. The van der Waals surface area contributed by atoms with Crippen molar-refractivity contribution in [1.29, 1.82) is 0 Å². The van der Waals surface area contributed by atoms with Gasteiger partial charge in [0.25, 0.3) is 0 Å². The number of hydrogen-bond donors (Lipinski definition) is 0. The molecule has 1 atom stereocenters. The Morgan fingerprint density at radius 2 is 2.17 bits per heavy atom. The fourth-order valence-corrected chi connectivity index (χ4v) is 1.24. The zero-order valence-corrected chi connectivity index (χ0v) is 7.09. The Bertz CT molecular complexity index is 275. The molecule has 1 rings (SSSR count). The van der Waals surface area contributed by atoms with Gasteiger partial charge in [-0.25, -0.2) is 4.39 Å². The Balaban J connectivity index is 3.00. The van der Waals surface area contributed by atoms with Crippen LogP contribution in [0.15, 0.2) is 24.3 Å². The highest BCUT2D eigenvalue weighted by Gasteiger charge is 2.12. The molecular formula is C9H8ClFO. The van der Waals surface area contributed by atoms with Crippen molar-refractivity contribution in [3.05, 3.63) is 34.9 Å². The third-order valence-electron chi connectivity index (χ3n) is 1.64. The first-order valence-corrected chi connectivity index (χ1v) is 3.93. The first-order chi connectivity index (χ1) is 5.79. The lowest BCUT2D eigenvalue weighted by Gasteiger charge is -2.06. The Labute approximate surface area is 75.2 Å². The number of alkyl halides is 1. The van der Waals surface area contributed by atoms with E-state index in [1.54, 1.807) is 24.3 Å². The van der Waals surface area contributed by atoms with E-state index in [9.17, 15) is 9.18 Å². The molecule has 0 heterocycles. The van der Waals surface area contributed by atoms with Crippen molar-refractivity contribution in [2.45, 2.75) is 5.92 Å². The van der Waals surface area contributed by atoms with Gasteiger partial charge in [-0.3, -0.25) is 0 Å². The first kappa shape index (κ1) is 9.20. The Hall–Kier alpha value is -0.890. The predicted octanol–water partition coefficient (Wildman–Crippen LogP) is 2.59. The van der Waals surface area contributed by atoms with Crippen LogP contribution < -0.4 is 0 Å². The molecule has 0 radical (unpaired) electrons. The van der Waals surface area contributed by atoms with Gasteiger partial charge in [-0.2, -0.15) is 0 Å². The van der Waals surface area contributed by atoms with E-state index in [-0.39, 0.29) is 0 Å². The molecule has 1 aromatic rings. The van der Waals surface area contributed by atoms with Gasteiger partial charge in [0.15, 0.2) is 0 Å². The van der Waals surface area contributed by atoms with Crippen LogP contribution >= 0.6 is 11.6 Å². The van der Waals surface area contributed by atoms with Crippen LogP contribution in [-0.2, 0) is 4.79 Å². The maximum absolute atomic E-state index is 12.2. The fraction of sp³-hybridized carbons (Fsp3) is 0.222. The van der Waals surface area contributed by atoms with Crippen molar-refractivity contribution in [1.82, 2.24) is 0 Å². The Morgan fingerprint density at radius 1 is 1.50 bits per heavy atom. The van der Waals surface area contributed by atoms with Gasteiger partial charge in [-0.15, -0.1) is 0 Å². The minimum absolute atomic E-state index is 0.437. The minimum Gasteiger partial charge on any atom is -0.303 e. The summed E-state index contributed by atoms with van der Waals surface area (Å²) in [7, 11) is 0. The average molecular weight is 187 g/mol. The van der Waals surface area contributed by atoms with Crippen LogP contribution in [0.1, 0.15) is 11.5 Å². The summed E-state index contributed by atoms with van der Waals surface area (Å²) in [6.45, 7) is -0.701. The van der Waals surface area contributed by atoms with Crippen molar-refractivity contribution in [3.8, 4) is 0 Å². The highest BCUT2D eigenvalue weighted by molar-refractivity contribution is 6.31. The third-order valence-corrected chi connectivity index (χ3v) is 1.98. The maximum Gasteiger partial charge on any atom is 0.130 e. The largest absolute Gasteiger partial charge is 0.303 e. The van der Waals surface area contributed by atoms with Crippen molar-refractivity contribution in [2.75, 3.05) is 6.67 Å². The summed E-state index contributed by atoms with van der Waals surface area (Å²) >= 11 is 5.75. The lowest BCUT2D eigenvalue weighted by atomic mass is 10.0. The van der Waals surface area contributed by atoms with Gasteiger partial charge < -0.3 is 4.79 Å². The molecule has 0 amide bonds. The van der Waals surface area contributed by atoms with E-state index in [2.05, 4.69) is 0 Å². The quantitative estimate of drug-likeness (QED) is 0.664.